The summed E-state index contributed by atoms with van der Waals surface area (Å²) in [4.78, 5) is 0. The second-order valence-corrected chi connectivity index (χ2v) is 10.9. The van der Waals surface area contributed by atoms with E-state index in [0.717, 1.165) is 0 Å². The Labute approximate surface area is 174 Å². The van der Waals surface area contributed by atoms with E-state index >= 15 is 0 Å². The van der Waals surface area contributed by atoms with E-state index in [0.29, 0.717) is 13.2 Å². The van der Waals surface area contributed by atoms with Crippen molar-refractivity contribution in [3.8, 4) is 0 Å². The molecular formula is C27H27OP. The predicted molar refractivity (Wildman–Crippen MR) is 128 cm³/mol. The van der Waals surface area contributed by atoms with Gasteiger partial charge in [0.15, 0.2) is 0 Å². The Morgan fingerprint density at radius 2 is 0.966 bits per heavy atom. The van der Waals surface area contributed by atoms with Gasteiger partial charge in [-0.25, -0.2) is 0 Å². The Bertz CT molecular complexity index is 933. The fraction of sp³-hybridized carbons (Fsp3) is 0.111. The van der Waals surface area contributed by atoms with Crippen LogP contribution in [0.1, 0.15) is 12.5 Å². The molecule has 0 spiro atoms. The van der Waals surface area contributed by atoms with E-state index in [1.54, 1.807) is 0 Å². The SMILES string of the molecule is CCOCc1ccccc1[PH](c1ccccc1)(c1ccccc1)c1ccccc1. The molecule has 146 valence electrons. The molecule has 0 heterocycles. The molecule has 0 saturated carbocycles. The summed E-state index contributed by atoms with van der Waals surface area (Å²) in [5, 5.41) is 5.57. The number of benzene rings is 4. The Hall–Kier alpha value is -2.73. The molecule has 4 aromatic carbocycles. The number of hydrogen-bond acceptors (Lipinski definition) is 1. The Morgan fingerprint density at radius 3 is 1.41 bits per heavy atom. The van der Waals surface area contributed by atoms with Gasteiger partial charge in [0, 0.05) is 0 Å². The van der Waals surface area contributed by atoms with Crippen molar-refractivity contribution in [2.24, 2.45) is 0 Å². The first kappa shape index (κ1) is 19.6. The quantitative estimate of drug-likeness (QED) is 0.414. The van der Waals surface area contributed by atoms with Gasteiger partial charge in [0.05, 0.1) is 0 Å². The summed E-state index contributed by atoms with van der Waals surface area (Å²) < 4.78 is 5.89. The van der Waals surface area contributed by atoms with Crippen molar-refractivity contribution in [1.29, 1.82) is 0 Å². The number of hydrogen-bond donors (Lipinski definition) is 0. The van der Waals surface area contributed by atoms with Crippen molar-refractivity contribution in [2.75, 3.05) is 6.61 Å². The van der Waals surface area contributed by atoms with E-state index in [1.165, 1.54) is 26.8 Å². The van der Waals surface area contributed by atoms with E-state index in [9.17, 15) is 0 Å². The fourth-order valence-corrected chi connectivity index (χ4v) is 9.25. The van der Waals surface area contributed by atoms with E-state index in [2.05, 4.69) is 122 Å². The molecule has 1 nitrogen and oxygen atoms in total. The van der Waals surface area contributed by atoms with Crippen LogP contribution in [0.15, 0.2) is 115 Å². The predicted octanol–water partition coefficient (Wildman–Crippen LogP) is 4.57. The molecule has 0 fully saturated rings. The summed E-state index contributed by atoms with van der Waals surface area (Å²) in [6.07, 6.45) is 0. The monoisotopic (exact) mass is 398 g/mol. The third kappa shape index (κ3) is 3.77. The zero-order valence-electron chi connectivity index (χ0n) is 16.8. The molecule has 0 radical (unpaired) electrons. The summed E-state index contributed by atoms with van der Waals surface area (Å²) in [7, 11) is -2.47. The Balaban J connectivity index is 2.10. The Morgan fingerprint density at radius 1 is 0.552 bits per heavy atom. The van der Waals surface area contributed by atoms with Crippen LogP contribution in [0.2, 0.25) is 0 Å². The van der Waals surface area contributed by atoms with Gasteiger partial charge in [-0.3, -0.25) is 0 Å². The van der Waals surface area contributed by atoms with Crippen molar-refractivity contribution >= 4 is 28.5 Å². The molecule has 0 aliphatic rings. The van der Waals surface area contributed by atoms with Gasteiger partial charge in [-0.15, -0.1) is 0 Å². The van der Waals surface area contributed by atoms with E-state index in [4.69, 9.17) is 4.74 Å². The van der Waals surface area contributed by atoms with Crippen LogP contribution in [0.3, 0.4) is 0 Å². The molecule has 0 amide bonds. The second kappa shape index (κ2) is 9.18. The molecule has 0 saturated heterocycles. The average molecular weight is 398 g/mol. The van der Waals surface area contributed by atoms with Gasteiger partial charge in [0.1, 0.15) is 0 Å². The third-order valence-corrected chi connectivity index (χ3v) is 10.4. The minimum atomic E-state index is -2.47. The van der Waals surface area contributed by atoms with Crippen LogP contribution in [0, 0.1) is 0 Å². The van der Waals surface area contributed by atoms with Gasteiger partial charge in [-0.05, 0) is 0 Å². The summed E-state index contributed by atoms with van der Waals surface area (Å²) in [6.45, 7) is 3.40. The normalized spacial score (nSPS) is 11.9. The van der Waals surface area contributed by atoms with Crippen LogP contribution in [0.5, 0.6) is 0 Å². The molecule has 29 heavy (non-hydrogen) atoms. The molecule has 0 unspecified atom stereocenters. The van der Waals surface area contributed by atoms with Gasteiger partial charge in [-0.1, -0.05) is 0 Å². The van der Waals surface area contributed by atoms with Gasteiger partial charge < -0.3 is 0 Å². The first-order chi connectivity index (χ1) is 14.4. The van der Waals surface area contributed by atoms with Crippen molar-refractivity contribution in [3.05, 3.63) is 121 Å². The van der Waals surface area contributed by atoms with E-state index < -0.39 is 7.26 Å². The average Bonchev–Trinajstić information content (AvgIpc) is 2.81. The fourth-order valence-electron chi connectivity index (χ4n) is 4.25. The summed E-state index contributed by atoms with van der Waals surface area (Å²) in [6, 6.07) is 41.9. The van der Waals surface area contributed by atoms with Crippen molar-refractivity contribution in [2.45, 2.75) is 13.5 Å². The van der Waals surface area contributed by atoms with Crippen LogP contribution in [0.4, 0.5) is 0 Å². The molecule has 4 rings (SSSR count). The van der Waals surface area contributed by atoms with Gasteiger partial charge >= 0.3 is 174 Å². The third-order valence-electron chi connectivity index (χ3n) is 5.50. The Kier molecular flexibility index (Phi) is 6.20. The van der Waals surface area contributed by atoms with E-state index in [1.807, 2.05) is 0 Å². The molecule has 0 aromatic heterocycles. The summed E-state index contributed by atoms with van der Waals surface area (Å²) >= 11 is 0. The van der Waals surface area contributed by atoms with Crippen molar-refractivity contribution in [1.82, 2.24) is 0 Å². The maximum atomic E-state index is 5.89. The minimum absolute atomic E-state index is 0.633. The van der Waals surface area contributed by atoms with Crippen LogP contribution in [-0.4, -0.2) is 6.61 Å². The number of ether oxygens (including phenoxy) is 1. The van der Waals surface area contributed by atoms with Crippen LogP contribution >= 0.6 is 7.26 Å². The first-order valence-electron chi connectivity index (χ1n) is 10.2. The topological polar surface area (TPSA) is 9.23 Å². The molecule has 0 N–H and O–H groups in total. The summed E-state index contributed by atoms with van der Waals surface area (Å²) in [5.74, 6) is 0. The van der Waals surface area contributed by atoms with Gasteiger partial charge in [0.25, 0.3) is 0 Å². The zero-order valence-corrected chi connectivity index (χ0v) is 17.8. The molecule has 0 atom stereocenters. The molecule has 0 aliphatic carbocycles. The van der Waals surface area contributed by atoms with Crippen LogP contribution < -0.4 is 21.2 Å². The molecule has 2 heteroatoms. The zero-order chi connectivity index (χ0) is 19.9. The van der Waals surface area contributed by atoms with E-state index in [-0.39, 0.29) is 0 Å². The van der Waals surface area contributed by atoms with Crippen LogP contribution in [-0.2, 0) is 11.3 Å². The van der Waals surface area contributed by atoms with Crippen molar-refractivity contribution < 1.29 is 4.74 Å². The van der Waals surface area contributed by atoms with Gasteiger partial charge in [0.2, 0.25) is 0 Å². The standard InChI is InChI=1S/C27H27OP/c1-2-28-22-23-14-12-13-21-27(23)29(24-15-6-3-7-16-24,25-17-8-4-9-18-25)26-19-10-5-11-20-26/h3-21,29H,2,22H2,1H3. The van der Waals surface area contributed by atoms with Crippen LogP contribution in [0.25, 0.3) is 0 Å². The molecule has 4 aromatic rings. The van der Waals surface area contributed by atoms with Crippen molar-refractivity contribution in [3.63, 3.8) is 0 Å². The molecule has 0 bridgehead atoms. The van der Waals surface area contributed by atoms with Gasteiger partial charge in [-0.2, -0.15) is 0 Å². The molecule has 0 aliphatic heterocycles. The second-order valence-electron chi connectivity index (χ2n) is 7.14. The summed E-state index contributed by atoms with van der Waals surface area (Å²) in [5.41, 5.74) is 1.28. The first-order valence-corrected chi connectivity index (χ1v) is 12.2. The maximum absolute atomic E-state index is 5.89. The molecular weight excluding hydrogens is 371 g/mol. The number of rotatable bonds is 7.